The van der Waals surface area contributed by atoms with E-state index in [-0.39, 0.29) is 61.9 Å². The predicted molar refractivity (Wildman–Crippen MR) is 501 cm³/mol. The van der Waals surface area contributed by atoms with Crippen molar-refractivity contribution in [2.75, 3.05) is 0 Å². The molecule has 0 fully saturated rings. The molecule has 564 valence electrons. The van der Waals surface area contributed by atoms with Gasteiger partial charge in [-0.2, -0.15) is 47.4 Å². The molecule has 0 amide bonds. The van der Waals surface area contributed by atoms with Gasteiger partial charge in [0.25, 0.3) is 0 Å². The van der Waals surface area contributed by atoms with Crippen molar-refractivity contribution in [3.05, 3.63) is 392 Å². The Balaban J connectivity index is 0.000000110. The maximum absolute atomic E-state index is 10.1. The van der Waals surface area contributed by atoms with Crippen LogP contribution in [0, 0.1) is 141 Å². The van der Waals surface area contributed by atoms with E-state index in [1.165, 1.54) is 38.4 Å². The topological polar surface area (TPSA) is 240 Å². The van der Waals surface area contributed by atoms with Gasteiger partial charge in [0.15, 0.2) is 17.1 Å². The monoisotopic (exact) mass is 1590 g/mol. The normalized spacial score (nSPS) is 10.7. The van der Waals surface area contributed by atoms with Crippen LogP contribution in [0.5, 0.6) is 0 Å². The second-order valence-corrected chi connectivity index (χ2v) is 30.0. The molecule has 0 atom stereocenters. The van der Waals surface area contributed by atoms with E-state index in [1.54, 1.807) is 24.3 Å². The van der Waals surface area contributed by atoms with Gasteiger partial charge in [-0.25, -0.2) is 0 Å². The van der Waals surface area contributed by atoms with Gasteiger partial charge >= 0.3 is 0 Å². The molecule has 0 saturated carbocycles. The first-order valence-corrected chi connectivity index (χ1v) is 39.0. The highest BCUT2D eigenvalue weighted by atomic mass is 14.8. The third-order valence-electron chi connectivity index (χ3n) is 23.8. The Bertz CT molecular complexity index is 9610. The van der Waals surface area contributed by atoms with E-state index in [4.69, 9.17) is 39.4 Å². The number of benzene rings is 22. The van der Waals surface area contributed by atoms with Crippen LogP contribution in [0.3, 0.4) is 0 Å². The van der Waals surface area contributed by atoms with Crippen LogP contribution in [-0.4, -0.2) is 0 Å². The highest BCUT2D eigenvalue weighted by Crippen LogP contribution is 2.55. The van der Waals surface area contributed by atoms with Gasteiger partial charge in [0.2, 0.25) is 17.1 Å². The number of nitriles is 9. The summed E-state index contributed by atoms with van der Waals surface area (Å²) in [6.45, 7) is 46.1. The van der Waals surface area contributed by atoms with Crippen molar-refractivity contribution >= 4 is 228 Å². The Hall–Kier alpha value is -20.1. The number of hydrogen-bond donors (Lipinski definition) is 0. The van der Waals surface area contributed by atoms with Gasteiger partial charge in [-0.05, 0) is 291 Å². The summed E-state index contributed by atoms with van der Waals surface area (Å²) in [5, 5.41) is 121. The summed E-state index contributed by atoms with van der Waals surface area (Å²) in [7, 11) is 0. The molecule has 0 unspecified atom stereocenters. The molecule has 0 aromatic heterocycles. The lowest BCUT2D eigenvalue weighted by atomic mass is 9.87. The molecule has 15 nitrogen and oxygen atoms in total. The average Bonchev–Trinajstić information content (AvgIpc) is 0.752. The standard InChI is InChI=1S/C28H8N6.2C28H14N2.C27H9N5/c1-32-26-23(14-31)24-21-11-18(13-30)17(12-29)10-20(21)19-8-15-6-4-5-7-16(15)9-22(19)25(24)27(33-2)28(26)34-3;29-15-20-13-24-23-10-9-17-5-3-4-8-22(17)28(23)27-12-19-7-2-1-6-18(19)11-26(27)25(24)14-21(20)16-30;29-15-20-13-26-25-12-19-7-2-1-6-18(19)11-24(25)23-10-9-17-5-3-4-8-22(17)28(23)27(26)14-21(20)16-30;1-30-24-12-23-21-11-18(14-29)17(13-28)10-19(21)20-8-15-6-4-5-7-16(15)9-22(20)25(23)27(32-3)26(24)31-2/h4-11H;2*1-14H;4-12H. The van der Waals surface area contributed by atoms with Gasteiger partial charge in [-0.15, -0.1) is 0 Å². The maximum atomic E-state index is 10.1. The summed E-state index contributed by atoms with van der Waals surface area (Å²) in [6.07, 6.45) is 0. The van der Waals surface area contributed by atoms with Gasteiger partial charge in [-0.3, -0.25) is 29.1 Å². The summed E-state index contributed by atoms with van der Waals surface area (Å²) >= 11 is 0. The van der Waals surface area contributed by atoms with Crippen molar-refractivity contribution in [2.24, 2.45) is 0 Å². The molecule has 0 aliphatic carbocycles. The SMILES string of the molecule is N#Cc1cc2c(cc1C#N)c1ccc3ccccc3c1c1cc3ccccc3cc21.N#Cc1cc2c3cc4ccccc4cc3c3ccc4ccccc4c3c2cc1C#N.[C-]#[N+]c1c([N+]#[C-])c([N+]#[C-])c2c3cc4ccccc4cc3c3cc(C#N)c(C#N)cc3c2c1C#N.[C-]#[N+]c1cc2c3cc(C#N)c(C#N)cc3c3cc4ccccc4cc3c2c([N+]#[C-])c1[N+]#[C-]. The maximum Gasteiger partial charge on any atom is 0.202 e. The van der Waals surface area contributed by atoms with E-state index < -0.39 is 0 Å². The molecule has 0 spiro atoms. The summed E-state index contributed by atoms with van der Waals surface area (Å²) in [6, 6.07) is 109. The van der Waals surface area contributed by atoms with Crippen molar-refractivity contribution in [1.82, 2.24) is 0 Å². The molecule has 22 aromatic carbocycles. The molecule has 0 aliphatic heterocycles. The van der Waals surface area contributed by atoms with E-state index in [0.717, 1.165) is 118 Å². The lowest BCUT2D eigenvalue weighted by Crippen LogP contribution is -1.92. The molecular weight excluding hydrogens is 1540 g/mol. The van der Waals surface area contributed by atoms with Crippen LogP contribution < -0.4 is 0 Å². The quantitative estimate of drug-likeness (QED) is 0.0795. The largest absolute Gasteiger partial charge is 0.262 e. The Morgan fingerprint density at radius 2 is 0.389 bits per heavy atom. The average molecular weight is 1590 g/mol. The first-order chi connectivity index (χ1) is 61.8. The molecule has 22 rings (SSSR count). The number of hydrogen-bond acceptors (Lipinski definition) is 9. The van der Waals surface area contributed by atoms with Crippen molar-refractivity contribution < 1.29 is 0 Å². The minimum atomic E-state index is -0.180. The number of fused-ring (bicyclic) bond motifs is 32. The fourth-order valence-electron chi connectivity index (χ4n) is 18.3. The molecule has 0 radical (unpaired) electrons. The fraction of sp³-hybridized carbons (Fsp3) is 0. The number of rotatable bonds is 0. The zero-order valence-electron chi connectivity index (χ0n) is 65.7. The van der Waals surface area contributed by atoms with E-state index in [0.29, 0.717) is 65.3 Å². The van der Waals surface area contributed by atoms with Crippen LogP contribution in [0.25, 0.3) is 223 Å². The van der Waals surface area contributed by atoms with Crippen LogP contribution in [0.4, 0.5) is 34.1 Å². The van der Waals surface area contributed by atoms with Crippen molar-refractivity contribution in [2.45, 2.75) is 0 Å². The zero-order chi connectivity index (χ0) is 86.9. The Kier molecular flexibility index (Phi) is 18.3. The smallest absolute Gasteiger partial charge is 0.202 e. The van der Waals surface area contributed by atoms with Gasteiger partial charge < -0.3 is 0 Å². The van der Waals surface area contributed by atoms with Crippen molar-refractivity contribution in [1.29, 1.82) is 47.4 Å². The molecular formula is C111H45N15. The molecule has 0 heterocycles. The Morgan fingerprint density at radius 3 is 0.706 bits per heavy atom. The summed E-state index contributed by atoms with van der Waals surface area (Å²) in [5.74, 6) is 0. The van der Waals surface area contributed by atoms with Crippen LogP contribution in [0.2, 0.25) is 0 Å². The number of nitrogens with zero attached hydrogens (tertiary/aromatic N) is 15. The van der Waals surface area contributed by atoms with E-state index >= 15 is 0 Å². The summed E-state index contributed by atoms with van der Waals surface area (Å²) in [5.41, 5.74) is 2.39. The highest BCUT2D eigenvalue weighted by Gasteiger charge is 2.27. The molecule has 0 saturated heterocycles. The second-order valence-electron chi connectivity index (χ2n) is 30.0. The van der Waals surface area contributed by atoms with Crippen molar-refractivity contribution in [3.8, 4) is 54.6 Å². The zero-order valence-corrected chi connectivity index (χ0v) is 65.7. The van der Waals surface area contributed by atoms with E-state index in [9.17, 15) is 47.4 Å². The van der Waals surface area contributed by atoms with Gasteiger partial charge in [-0.1, -0.05) is 176 Å². The van der Waals surface area contributed by atoms with Gasteiger partial charge in [0, 0.05) is 0 Å². The van der Waals surface area contributed by atoms with Crippen LogP contribution in [0.15, 0.2) is 273 Å². The van der Waals surface area contributed by atoms with Crippen LogP contribution >= 0.6 is 0 Å². The third kappa shape index (κ3) is 11.7. The lowest BCUT2D eigenvalue weighted by Gasteiger charge is -2.17. The molecule has 126 heavy (non-hydrogen) atoms. The first kappa shape index (κ1) is 75.9. The molecule has 15 heteroatoms. The van der Waals surface area contributed by atoms with Crippen LogP contribution in [-0.2, 0) is 0 Å². The minimum absolute atomic E-state index is 0.0000449. The Morgan fingerprint density at radius 1 is 0.159 bits per heavy atom. The third-order valence-corrected chi connectivity index (χ3v) is 23.8. The van der Waals surface area contributed by atoms with Crippen molar-refractivity contribution in [3.63, 3.8) is 0 Å². The molecule has 22 aromatic rings. The van der Waals surface area contributed by atoms with E-state index in [2.05, 4.69) is 199 Å². The Labute approximate surface area is 717 Å². The first-order valence-electron chi connectivity index (χ1n) is 39.0. The summed E-state index contributed by atoms with van der Waals surface area (Å²) in [4.78, 5) is 21.2. The second kappa shape index (κ2) is 30.4. The lowest BCUT2D eigenvalue weighted by molar-refractivity contribution is 1.45. The van der Waals surface area contributed by atoms with Gasteiger partial charge in [0.1, 0.15) is 48.6 Å². The molecule has 0 aliphatic rings. The van der Waals surface area contributed by atoms with Crippen LogP contribution in [0.1, 0.15) is 50.1 Å². The predicted octanol–water partition coefficient (Wildman–Crippen LogP) is 29.7. The highest BCUT2D eigenvalue weighted by molar-refractivity contribution is 6.38. The fourth-order valence-corrected chi connectivity index (χ4v) is 18.3. The molecule has 0 N–H and O–H groups in total. The van der Waals surface area contributed by atoms with E-state index in [1.807, 2.05) is 127 Å². The minimum Gasteiger partial charge on any atom is -0.262 e. The summed E-state index contributed by atoms with van der Waals surface area (Å²) < 4.78 is 0. The molecule has 0 bridgehead atoms. The van der Waals surface area contributed by atoms with Gasteiger partial charge in [0.05, 0.1) is 95.6 Å².